The third kappa shape index (κ3) is 4.51. The van der Waals surface area contributed by atoms with Crippen LogP contribution in [-0.2, 0) is 21.3 Å². The molecule has 20 heavy (non-hydrogen) atoms. The third-order valence-corrected chi connectivity index (χ3v) is 3.79. The Kier molecular flexibility index (Phi) is 4.90. The van der Waals surface area contributed by atoms with Crippen LogP contribution in [0.25, 0.3) is 0 Å². The monoisotopic (exact) mass is 289 g/mol. The maximum Gasteiger partial charge on any atom is 0.230 e. The number of hydrogen-bond acceptors (Lipinski definition) is 3. The molecule has 0 saturated heterocycles. The number of nitrogens with two attached hydrogens (primary N) is 1. The van der Waals surface area contributed by atoms with Crippen LogP contribution in [0.2, 0.25) is 0 Å². The molecule has 0 fully saturated rings. The van der Waals surface area contributed by atoms with Gasteiger partial charge in [0.15, 0.2) is 0 Å². The molecule has 0 aromatic heterocycles. The number of amides is 1. The normalized spacial score (nSPS) is 11.8. The summed E-state index contributed by atoms with van der Waals surface area (Å²) in [6, 6.07) is 16.7. The van der Waals surface area contributed by atoms with E-state index in [9.17, 15) is 9.00 Å². The van der Waals surface area contributed by atoms with Gasteiger partial charge in [-0.15, -0.1) is 0 Å². The van der Waals surface area contributed by atoms with Crippen LogP contribution in [0, 0.1) is 0 Å². The van der Waals surface area contributed by atoms with Crippen molar-refractivity contribution < 1.29 is 13.7 Å². The topological polar surface area (TPSA) is 69.4 Å². The molecule has 1 atom stereocenters. The zero-order chi connectivity index (χ0) is 14.4. The first-order valence-corrected chi connectivity index (χ1v) is 7.57. The Bertz CT molecular complexity index is 596. The van der Waals surface area contributed by atoms with Gasteiger partial charge in [0.2, 0.25) is 5.91 Å². The van der Waals surface area contributed by atoms with Crippen molar-refractivity contribution in [3.8, 4) is 11.5 Å². The number of rotatable bonds is 6. The molecule has 0 saturated carbocycles. The van der Waals surface area contributed by atoms with Gasteiger partial charge in [-0.2, -0.15) is 0 Å². The Balaban J connectivity index is 1.96. The minimum Gasteiger partial charge on any atom is -0.457 e. The van der Waals surface area contributed by atoms with Crippen molar-refractivity contribution in [2.75, 3.05) is 5.75 Å². The van der Waals surface area contributed by atoms with E-state index in [4.69, 9.17) is 10.5 Å². The van der Waals surface area contributed by atoms with Crippen LogP contribution in [0.1, 0.15) is 5.56 Å². The summed E-state index contributed by atoms with van der Waals surface area (Å²) in [5, 5.41) is 0. The molecule has 1 amide bonds. The quantitative estimate of drug-likeness (QED) is 0.886. The lowest BCUT2D eigenvalue weighted by Gasteiger charge is -2.06. The molecule has 1 unspecified atom stereocenters. The molecule has 0 aliphatic heterocycles. The SMILES string of the molecule is NC(=O)CS(=O)Cc1ccc(Oc2ccccc2)cc1. The summed E-state index contributed by atoms with van der Waals surface area (Å²) in [7, 11) is -1.26. The molecule has 2 rings (SSSR count). The summed E-state index contributed by atoms with van der Waals surface area (Å²) in [5.74, 6) is 1.13. The van der Waals surface area contributed by atoms with Gasteiger partial charge in [0.05, 0.1) is 0 Å². The molecule has 2 aromatic rings. The fraction of sp³-hybridized carbons (Fsp3) is 0.133. The van der Waals surface area contributed by atoms with E-state index in [2.05, 4.69) is 0 Å². The molecule has 0 spiro atoms. The Labute approximate surface area is 120 Å². The Morgan fingerprint density at radius 2 is 1.60 bits per heavy atom. The fourth-order valence-electron chi connectivity index (χ4n) is 1.67. The van der Waals surface area contributed by atoms with E-state index in [0.29, 0.717) is 11.5 Å². The van der Waals surface area contributed by atoms with Crippen molar-refractivity contribution in [2.24, 2.45) is 5.73 Å². The molecule has 4 nitrogen and oxygen atoms in total. The van der Waals surface area contributed by atoms with E-state index < -0.39 is 16.7 Å². The fourth-order valence-corrected chi connectivity index (χ4v) is 2.66. The lowest BCUT2D eigenvalue weighted by atomic mass is 10.2. The third-order valence-electron chi connectivity index (χ3n) is 2.53. The summed E-state index contributed by atoms with van der Waals surface area (Å²) in [4.78, 5) is 10.7. The second-order valence-electron chi connectivity index (χ2n) is 4.25. The molecule has 0 aliphatic rings. The average molecular weight is 289 g/mol. The minimum atomic E-state index is -1.26. The molecule has 5 heteroatoms. The number of para-hydroxylation sites is 1. The van der Waals surface area contributed by atoms with Crippen LogP contribution in [0.15, 0.2) is 54.6 Å². The molecule has 0 bridgehead atoms. The maximum atomic E-state index is 11.6. The number of ether oxygens (including phenoxy) is 1. The number of carbonyl (C=O) groups excluding carboxylic acids is 1. The van der Waals surface area contributed by atoms with Crippen molar-refractivity contribution in [1.82, 2.24) is 0 Å². The van der Waals surface area contributed by atoms with Crippen LogP contribution in [-0.4, -0.2) is 15.9 Å². The van der Waals surface area contributed by atoms with Gasteiger partial charge in [-0.25, -0.2) is 0 Å². The Morgan fingerprint density at radius 3 is 2.20 bits per heavy atom. The van der Waals surface area contributed by atoms with Crippen molar-refractivity contribution in [3.63, 3.8) is 0 Å². The maximum absolute atomic E-state index is 11.6. The summed E-state index contributed by atoms with van der Waals surface area (Å²) < 4.78 is 17.2. The number of primary amides is 1. The highest BCUT2D eigenvalue weighted by Gasteiger charge is 2.06. The zero-order valence-corrected chi connectivity index (χ0v) is 11.6. The predicted octanol–water partition coefficient (Wildman–Crippen LogP) is 2.21. The summed E-state index contributed by atoms with van der Waals surface area (Å²) in [6.07, 6.45) is 0. The van der Waals surface area contributed by atoms with Crippen LogP contribution in [0.3, 0.4) is 0 Å². The first-order valence-electron chi connectivity index (χ1n) is 6.08. The van der Waals surface area contributed by atoms with Crippen molar-refractivity contribution >= 4 is 16.7 Å². The van der Waals surface area contributed by atoms with E-state index in [1.165, 1.54) is 0 Å². The first kappa shape index (κ1) is 14.3. The second-order valence-corrected chi connectivity index (χ2v) is 5.71. The average Bonchev–Trinajstić information content (AvgIpc) is 2.41. The standard InChI is InChI=1S/C15H15NO3S/c16-15(17)11-20(18)10-12-6-8-14(9-7-12)19-13-4-2-1-3-5-13/h1-9H,10-11H2,(H2,16,17). The van der Waals surface area contributed by atoms with Gasteiger partial charge in [0.25, 0.3) is 0 Å². The van der Waals surface area contributed by atoms with Gasteiger partial charge in [-0.3, -0.25) is 9.00 Å². The van der Waals surface area contributed by atoms with Gasteiger partial charge in [0.1, 0.15) is 17.3 Å². The molecule has 2 aromatic carbocycles. The zero-order valence-electron chi connectivity index (χ0n) is 10.8. The first-order chi connectivity index (χ1) is 9.63. The number of hydrogen-bond donors (Lipinski definition) is 1. The Morgan fingerprint density at radius 1 is 1.00 bits per heavy atom. The highest BCUT2D eigenvalue weighted by molar-refractivity contribution is 7.84. The molecule has 0 heterocycles. The molecule has 2 N–H and O–H groups in total. The van der Waals surface area contributed by atoms with Gasteiger partial charge < -0.3 is 10.5 Å². The van der Waals surface area contributed by atoms with Crippen LogP contribution in [0.4, 0.5) is 0 Å². The summed E-state index contributed by atoms with van der Waals surface area (Å²) in [6.45, 7) is 0. The van der Waals surface area contributed by atoms with Crippen LogP contribution < -0.4 is 10.5 Å². The second kappa shape index (κ2) is 6.86. The van der Waals surface area contributed by atoms with Crippen molar-refractivity contribution in [3.05, 3.63) is 60.2 Å². The minimum absolute atomic E-state index is 0.109. The lowest BCUT2D eigenvalue weighted by molar-refractivity contribution is -0.115. The molecule has 0 radical (unpaired) electrons. The number of carbonyl (C=O) groups is 1. The molecule has 0 aliphatic carbocycles. The van der Waals surface area contributed by atoms with Crippen LogP contribution in [0.5, 0.6) is 11.5 Å². The van der Waals surface area contributed by atoms with E-state index in [1.54, 1.807) is 0 Å². The van der Waals surface area contributed by atoms with E-state index in [0.717, 1.165) is 11.3 Å². The largest absolute Gasteiger partial charge is 0.457 e. The van der Waals surface area contributed by atoms with E-state index in [-0.39, 0.29) is 5.75 Å². The highest BCUT2D eigenvalue weighted by atomic mass is 32.2. The van der Waals surface area contributed by atoms with Gasteiger partial charge in [0, 0.05) is 16.6 Å². The van der Waals surface area contributed by atoms with Gasteiger partial charge >= 0.3 is 0 Å². The van der Waals surface area contributed by atoms with Crippen molar-refractivity contribution in [1.29, 1.82) is 0 Å². The molecular formula is C15H15NO3S. The van der Waals surface area contributed by atoms with Gasteiger partial charge in [-0.1, -0.05) is 30.3 Å². The lowest BCUT2D eigenvalue weighted by Crippen LogP contribution is -2.20. The molecular weight excluding hydrogens is 274 g/mol. The highest BCUT2D eigenvalue weighted by Crippen LogP contribution is 2.21. The van der Waals surface area contributed by atoms with Gasteiger partial charge in [-0.05, 0) is 29.8 Å². The van der Waals surface area contributed by atoms with Crippen LogP contribution >= 0.6 is 0 Å². The van der Waals surface area contributed by atoms with E-state index in [1.807, 2.05) is 54.6 Å². The van der Waals surface area contributed by atoms with E-state index >= 15 is 0 Å². The van der Waals surface area contributed by atoms with Crippen molar-refractivity contribution in [2.45, 2.75) is 5.75 Å². The number of benzene rings is 2. The smallest absolute Gasteiger partial charge is 0.230 e. The molecule has 104 valence electrons. The summed E-state index contributed by atoms with van der Waals surface area (Å²) in [5.41, 5.74) is 5.88. The predicted molar refractivity (Wildman–Crippen MR) is 78.9 cm³/mol. The Hall–Kier alpha value is -2.14. The summed E-state index contributed by atoms with van der Waals surface area (Å²) >= 11 is 0.